The largest absolute Gasteiger partial charge is 0.453 e. The summed E-state index contributed by atoms with van der Waals surface area (Å²) in [7, 11) is 1.41. The lowest BCUT2D eigenvalue weighted by Gasteiger charge is -2.34. The molecule has 0 radical (unpaired) electrons. The van der Waals surface area contributed by atoms with Gasteiger partial charge in [-0.05, 0) is 32.6 Å². The van der Waals surface area contributed by atoms with Gasteiger partial charge in [-0.25, -0.2) is 4.79 Å². The molecule has 31 heavy (non-hydrogen) atoms. The fourth-order valence-electron chi connectivity index (χ4n) is 4.25. The van der Waals surface area contributed by atoms with Crippen molar-refractivity contribution < 1.29 is 9.53 Å². The Kier molecular flexibility index (Phi) is 5.24. The van der Waals surface area contributed by atoms with Crippen molar-refractivity contribution in [3.8, 4) is 0 Å². The number of aromatic nitrogens is 5. The second-order valence-electron chi connectivity index (χ2n) is 8.50. The fraction of sp³-hybridized carbons (Fsp3) is 0.650. The first-order valence-corrected chi connectivity index (χ1v) is 11.0. The van der Waals surface area contributed by atoms with E-state index in [-0.39, 0.29) is 6.09 Å². The maximum Gasteiger partial charge on any atom is 0.409 e. The average Bonchev–Trinajstić information content (AvgIpc) is 3.39. The fourth-order valence-corrected chi connectivity index (χ4v) is 4.25. The maximum atomic E-state index is 11.8. The third-order valence-electron chi connectivity index (χ3n) is 6.27. The van der Waals surface area contributed by atoms with E-state index in [0.29, 0.717) is 56.0 Å². The summed E-state index contributed by atoms with van der Waals surface area (Å²) < 4.78 is 4.84. The molecule has 11 heteroatoms. The standard InChI is InChI=1S/C20H29N9O2/c1-13-4-3-7-29(13)19-23-17(21-16-12-15(25-26-16)14-5-6-14)22-18(24-19)27-8-10-28(11-9-27)20(30)31-2/h12-14H,3-11H2,1-2H3,(H2,21,22,23,24,25,26)/t13-/m0/s1. The van der Waals surface area contributed by atoms with Gasteiger partial charge in [0.1, 0.15) is 0 Å². The predicted octanol–water partition coefficient (Wildman–Crippen LogP) is 2.09. The van der Waals surface area contributed by atoms with Crippen LogP contribution in [-0.4, -0.2) is 82.0 Å². The zero-order chi connectivity index (χ0) is 21.4. The van der Waals surface area contributed by atoms with Crippen LogP contribution in [0.4, 0.5) is 28.5 Å². The first-order chi connectivity index (χ1) is 15.1. The van der Waals surface area contributed by atoms with E-state index in [9.17, 15) is 4.79 Å². The third-order valence-corrected chi connectivity index (χ3v) is 6.27. The summed E-state index contributed by atoms with van der Waals surface area (Å²) in [5.41, 5.74) is 1.16. The van der Waals surface area contributed by atoms with Gasteiger partial charge in [0, 0.05) is 56.4 Å². The smallest absolute Gasteiger partial charge is 0.409 e. The van der Waals surface area contributed by atoms with Gasteiger partial charge >= 0.3 is 6.09 Å². The quantitative estimate of drug-likeness (QED) is 0.740. The number of methoxy groups -OCH3 is 1. The molecule has 166 valence electrons. The number of carbonyl (C=O) groups excluding carboxylic acids is 1. The van der Waals surface area contributed by atoms with E-state index in [1.807, 2.05) is 6.07 Å². The van der Waals surface area contributed by atoms with Gasteiger partial charge in [-0.3, -0.25) is 5.10 Å². The van der Waals surface area contributed by atoms with Crippen LogP contribution in [0.15, 0.2) is 6.07 Å². The molecule has 2 saturated heterocycles. The number of anilines is 4. The Balaban J connectivity index is 1.38. The highest BCUT2D eigenvalue weighted by Crippen LogP contribution is 2.39. The molecule has 11 nitrogen and oxygen atoms in total. The molecule has 3 fully saturated rings. The van der Waals surface area contributed by atoms with Crippen LogP contribution in [0.1, 0.15) is 44.2 Å². The zero-order valence-electron chi connectivity index (χ0n) is 18.0. The van der Waals surface area contributed by atoms with E-state index in [1.54, 1.807) is 4.90 Å². The minimum Gasteiger partial charge on any atom is -0.453 e. The number of aromatic amines is 1. The third kappa shape index (κ3) is 4.21. The molecule has 1 saturated carbocycles. The molecule has 3 aliphatic rings. The highest BCUT2D eigenvalue weighted by atomic mass is 16.5. The summed E-state index contributed by atoms with van der Waals surface area (Å²) >= 11 is 0. The zero-order valence-corrected chi connectivity index (χ0v) is 18.0. The highest BCUT2D eigenvalue weighted by Gasteiger charge is 2.28. The molecule has 2 aromatic rings. The number of piperazine rings is 1. The van der Waals surface area contributed by atoms with Crippen molar-refractivity contribution in [2.24, 2.45) is 0 Å². The number of H-pyrrole nitrogens is 1. The summed E-state index contributed by atoms with van der Waals surface area (Å²) in [5.74, 6) is 3.11. The van der Waals surface area contributed by atoms with Crippen LogP contribution in [-0.2, 0) is 4.74 Å². The Hall–Kier alpha value is -3.11. The number of hydrogen-bond acceptors (Lipinski definition) is 9. The van der Waals surface area contributed by atoms with E-state index in [4.69, 9.17) is 14.7 Å². The molecule has 0 unspecified atom stereocenters. The van der Waals surface area contributed by atoms with Crippen molar-refractivity contribution in [1.82, 2.24) is 30.0 Å². The topological polar surface area (TPSA) is 115 Å². The van der Waals surface area contributed by atoms with Gasteiger partial charge in [-0.1, -0.05) is 0 Å². The molecule has 2 N–H and O–H groups in total. The summed E-state index contributed by atoms with van der Waals surface area (Å²) in [4.78, 5) is 32.0. The molecule has 4 heterocycles. The molecule has 1 atom stereocenters. The van der Waals surface area contributed by atoms with Crippen molar-refractivity contribution in [1.29, 1.82) is 0 Å². The Morgan fingerprint density at radius 3 is 2.55 bits per heavy atom. The number of carbonyl (C=O) groups is 1. The summed E-state index contributed by atoms with van der Waals surface area (Å²) in [6.45, 7) is 5.56. The first kappa shape index (κ1) is 19.8. The van der Waals surface area contributed by atoms with E-state index in [0.717, 1.165) is 30.9 Å². The molecule has 5 rings (SSSR count). The van der Waals surface area contributed by atoms with Gasteiger partial charge in [0.05, 0.1) is 7.11 Å². The van der Waals surface area contributed by atoms with Gasteiger partial charge in [-0.15, -0.1) is 0 Å². The van der Waals surface area contributed by atoms with Crippen molar-refractivity contribution in [3.63, 3.8) is 0 Å². The van der Waals surface area contributed by atoms with Gasteiger partial charge in [-0.2, -0.15) is 20.1 Å². The van der Waals surface area contributed by atoms with Crippen LogP contribution >= 0.6 is 0 Å². The molecular formula is C20H29N9O2. The monoisotopic (exact) mass is 427 g/mol. The minimum atomic E-state index is -0.297. The first-order valence-electron chi connectivity index (χ1n) is 11.0. The second kappa shape index (κ2) is 8.20. The van der Waals surface area contributed by atoms with Crippen LogP contribution < -0.4 is 15.1 Å². The number of nitrogens with one attached hydrogen (secondary N) is 2. The molecular weight excluding hydrogens is 398 g/mol. The van der Waals surface area contributed by atoms with Crippen LogP contribution in [0.5, 0.6) is 0 Å². The Bertz CT molecular complexity index is 936. The molecule has 1 aliphatic carbocycles. The van der Waals surface area contributed by atoms with Crippen molar-refractivity contribution in [2.45, 2.75) is 44.6 Å². The Morgan fingerprint density at radius 2 is 1.87 bits per heavy atom. The van der Waals surface area contributed by atoms with Crippen LogP contribution in [0.3, 0.4) is 0 Å². The minimum absolute atomic E-state index is 0.297. The van der Waals surface area contributed by atoms with E-state index in [2.05, 4.69) is 37.2 Å². The normalized spacial score (nSPS) is 21.5. The predicted molar refractivity (Wildman–Crippen MR) is 116 cm³/mol. The van der Waals surface area contributed by atoms with E-state index < -0.39 is 0 Å². The number of rotatable bonds is 5. The van der Waals surface area contributed by atoms with Crippen LogP contribution in [0.25, 0.3) is 0 Å². The molecule has 0 spiro atoms. The van der Waals surface area contributed by atoms with Crippen LogP contribution in [0.2, 0.25) is 0 Å². The lowest BCUT2D eigenvalue weighted by atomic mass is 10.2. The lowest BCUT2D eigenvalue weighted by Crippen LogP contribution is -2.49. The molecule has 2 aliphatic heterocycles. The number of hydrogen-bond donors (Lipinski definition) is 2. The van der Waals surface area contributed by atoms with Crippen molar-refractivity contribution in [3.05, 3.63) is 11.8 Å². The van der Waals surface area contributed by atoms with Crippen molar-refractivity contribution in [2.75, 3.05) is 55.0 Å². The summed E-state index contributed by atoms with van der Waals surface area (Å²) in [6, 6.07) is 2.43. The highest BCUT2D eigenvalue weighted by molar-refractivity contribution is 5.67. The summed E-state index contributed by atoms with van der Waals surface area (Å²) in [5, 5.41) is 10.7. The van der Waals surface area contributed by atoms with Crippen molar-refractivity contribution >= 4 is 29.8 Å². The molecule has 1 amide bonds. The Morgan fingerprint density at radius 1 is 1.10 bits per heavy atom. The van der Waals surface area contributed by atoms with Gasteiger partial charge in [0.15, 0.2) is 5.82 Å². The number of ether oxygens (including phenoxy) is 1. The molecule has 0 aromatic carbocycles. The summed E-state index contributed by atoms with van der Waals surface area (Å²) in [6.07, 6.45) is 4.39. The Labute approximate surface area is 181 Å². The van der Waals surface area contributed by atoms with Gasteiger partial charge < -0.3 is 24.8 Å². The molecule has 2 aromatic heterocycles. The maximum absolute atomic E-state index is 11.8. The van der Waals surface area contributed by atoms with E-state index in [1.165, 1.54) is 20.0 Å². The SMILES string of the molecule is COC(=O)N1CCN(c2nc(Nc3cc(C4CC4)[nH]n3)nc(N3CCC[C@@H]3C)n2)CC1. The van der Waals surface area contributed by atoms with Gasteiger partial charge in [0.25, 0.3) is 0 Å². The average molecular weight is 428 g/mol. The number of amides is 1. The molecule has 0 bridgehead atoms. The lowest BCUT2D eigenvalue weighted by molar-refractivity contribution is 0.121. The van der Waals surface area contributed by atoms with E-state index >= 15 is 0 Å². The second-order valence-corrected chi connectivity index (χ2v) is 8.50. The number of nitrogens with zero attached hydrogens (tertiary/aromatic N) is 7. The van der Waals surface area contributed by atoms with Crippen LogP contribution in [0, 0.1) is 0 Å². The van der Waals surface area contributed by atoms with Gasteiger partial charge in [0.2, 0.25) is 17.8 Å².